The molecule has 1 atom stereocenters. The van der Waals surface area contributed by atoms with Gasteiger partial charge < -0.3 is 10.4 Å². The Kier molecular flexibility index (Phi) is 9.66. The van der Waals surface area contributed by atoms with Gasteiger partial charge in [0.25, 0.3) is 0 Å². The van der Waals surface area contributed by atoms with Crippen molar-refractivity contribution in [2.75, 3.05) is 24.7 Å². The smallest absolute Gasteiger partial charge is 0.0618 e. The van der Waals surface area contributed by atoms with Crippen LogP contribution in [0.15, 0.2) is 0 Å². The van der Waals surface area contributed by atoms with Gasteiger partial charge in [0.05, 0.1) is 6.61 Å². The highest BCUT2D eigenvalue weighted by Crippen LogP contribution is 2.14. The third-order valence-electron chi connectivity index (χ3n) is 2.46. The van der Waals surface area contributed by atoms with Crippen molar-refractivity contribution in [1.82, 2.24) is 5.32 Å². The minimum Gasteiger partial charge on any atom is -0.394 e. The van der Waals surface area contributed by atoms with Crippen molar-refractivity contribution < 1.29 is 5.11 Å². The maximum atomic E-state index is 9.34. The zero-order valence-electron chi connectivity index (χ0n) is 10.5. The summed E-state index contributed by atoms with van der Waals surface area (Å²) in [6, 6.07) is 0. The van der Waals surface area contributed by atoms with Gasteiger partial charge in [0.15, 0.2) is 0 Å². The van der Waals surface area contributed by atoms with Crippen LogP contribution in [-0.2, 0) is 0 Å². The molecule has 0 aromatic heterocycles. The van der Waals surface area contributed by atoms with E-state index in [1.807, 2.05) is 11.8 Å². The van der Waals surface area contributed by atoms with Gasteiger partial charge >= 0.3 is 0 Å². The zero-order chi connectivity index (χ0) is 11.6. The third-order valence-corrected chi connectivity index (χ3v) is 3.88. The fourth-order valence-corrected chi connectivity index (χ4v) is 2.53. The van der Waals surface area contributed by atoms with Crippen LogP contribution >= 0.6 is 11.8 Å². The molecule has 0 spiro atoms. The van der Waals surface area contributed by atoms with E-state index < -0.39 is 0 Å². The predicted octanol–water partition coefficient (Wildman–Crippen LogP) is 2.66. The second kappa shape index (κ2) is 9.49. The number of thioether (sulfide) groups is 1. The van der Waals surface area contributed by atoms with Gasteiger partial charge in [-0.1, -0.05) is 26.7 Å². The zero-order valence-corrected chi connectivity index (χ0v) is 11.3. The fourth-order valence-electron chi connectivity index (χ4n) is 1.33. The van der Waals surface area contributed by atoms with Gasteiger partial charge in [-0.25, -0.2) is 0 Å². The fraction of sp³-hybridized carbons (Fsp3) is 1.00. The number of rotatable bonds is 10. The molecule has 1 unspecified atom stereocenters. The Balaban J connectivity index is 3.58. The van der Waals surface area contributed by atoms with Gasteiger partial charge in [-0.15, -0.1) is 0 Å². The molecule has 0 aliphatic rings. The molecule has 0 saturated heterocycles. The van der Waals surface area contributed by atoms with Crippen LogP contribution in [0.1, 0.15) is 46.5 Å². The molecule has 3 heteroatoms. The molecule has 0 radical (unpaired) electrons. The van der Waals surface area contributed by atoms with Crippen LogP contribution in [0.5, 0.6) is 0 Å². The summed E-state index contributed by atoms with van der Waals surface area (Å²) < 4.78 is 0. The Morgan fingerprint density at radius 1 is 1.20 bits per heavy atom. The molecule has 0 saturated carbocycles. The van der Waals surface area contributed by atoms with Gasteiger partial charge in [-0.2, -0.15) is 11.8 Å². The molecule has 0 aromatic rings. The van der Waals surface area contributed by atoms with Crippen molar-refractivity contribution in [1.29, 1.82) is 0 Å². The molecular formula is C12H27NOS. The summed E-state index contributed by atoms with van der Waals surface area (Å²) in [5.74, 6) is 2.23. The van der Waals surface area contributed by atoms with E-state index >= 15 is 0 Å². The topological polar surface area (TPSA) is 32.3 Å². The van der Waals surface area contributed by atoms with Gasteiger partial charge in [-0.3, -0.25) is 0 Å². The molecule has 0 aliphatic heterocycles. The van der Waals surface area contributed by atoms with Crippen molar-refractivity contribution >= 4 is 11.8 Å². The maximum absolute atomic E-state index is 9.34. The summed E-state index contributed by atoms with van der Waals surface area (Å²) in [6.45, 7) is 7.71. The van der Waals surface area contributed by atoms with Crippen molar-refractivity contribution in [2.24, 2.45) is 0 Å². The van der Waals surface area contributed by atoms with Crippen LogP contribution in [-0.4, -0.2) is 35.3 Å². The molecule has 92 valence electrons. The maximum Gasteiger partial charge on any atom is 0.0618 e. The van der Waals surface area contributed by atoms with Gasteiger partial charge in [0.1, 0.15) is 0 Å². The molecular weight excluding hydrogens is 206 g/mol. The van der Waals surface area contributed by atoms with Crippen molar-refractivity contribution in [3.63, 3.8) is 0 Å². The van der Waals surface area contributed by atoms with Crippen LogP contribution in [0.2, 0.25) is 0 Å². The highest BCUT2D eigenvalue weighted by molar-refractivity contribution is 7.99. The summed E-state index contributed by atoms with van der Waals surface area (Å²) >= 11 is 1.95. The van der Waals surface area contributed by atoms with E-state index in [4.69, 9.17) is 0 Å². The quantitative estimate of drug-likeness (QED) is 0.569. The van der Waals surface area contributed by atoms with E-state index in [0.29, 0.717) is 0 Å². The largest absolute Gasteiger partial charge is 0.394 e. The van der Waals surface area contributed by atoms with Crippen LogP contribution in [0.25, 0.3) is 0 Å². The summed E-state index contributed by atoms with van der Waals surface area (Å²) in [4.78, 5) is 0. The first-order chi connectivity index (χ1) is 7.18. The van der Waals surface area contributed by atoms with Crippen LogP contribution in [0.3, 0.4) is 0 Å². The second-order valence-electron chi connectivity index (χ2n) is 4.41. The van der Waals surface area contributed by atoms with E-state index in [1.165, 1.54) is 25.0 Å². The average molecular weight is 233 g/mol. The minimum atomic E-state index is -0.0904. The van der Waals surface area contributed by atoms with E-state index in [0.717, 1.165) is 18.7 Å². The molecule has 0 fully saturated rings. The molecule has 2 N–H and O–H groups in total. The van der Waals surface area contributed by atoms with E-state index in [-0.39, 0.29) is 12.1 Å². The lowest BCUT2D eigenvalue weighted by Crippen LogP contribution is -2.48. The monoisotopic (exact) mass is 233 g/mol. The highest BCUT2D eigenvalue weighted by atomic mass is 32.2. The van der Waals surface area contributed by atoms with Crippen molar-refractivity contribution in [3.8, 4) is 0 Å². The number of aliphatic hydroxyl groups is 1. The average Bonchev–Trinajstić information content (AvgIpc) is 2.26. The third kappa shape index (κ3) is 8.12. The standard InChI is InChI=1S/C12H27NOS/c1-4-6-7-9-15-11-12(3,10-14)13-8-5-2/h13-14H,4-11H2,1-3H3. The van der Waals surface area contributed by atoms with Crippen LogP contribution < -0.4 is 5.32 Å². The number of hydrogen-bond acceptors (Lipinski definition) is 3. The summed E-state index contributed by atoms with van der Waals surface area (Å²) in [5, 5.41) is 12.8. The first-order valence-corrected chi connectivity index (χ1v) is 7.27. The molecule has 0 aliphatic carbocycles. The summed E-state index contributed by atoms with van der Waals surface area (Å²) in [6.07, 6.45) is 5.03. The molecule has 0 heterocycles. The van der Waals surface area contributed by atoms with Gasteiger partial charge in [0, 0.05) is 11.3 Å². The molecule has 2 nitrogen and oxygen atoms in total. The lowest BCUT2D eigenvalue weighted by molar-refractivity contribution is 0.192. The summed E-state index contributed by atoms with van der Waals surface area (Å²) in [7, 11) is 0. The van der Waals surface area contributed by atoms with Crippen molar-refractivity contribution in [2.45, 2.75) is 52.0 Å². The first-order valence-electron chi connectivity index (χ1n) is 6.12. The van der Waals surface area contributed by atoms with E-state index in [1.54, 1.807) is 0 Å². The molecule has 0 rings (SSSR count). The van der Waals surface area contributed by atoms with Gasteiger partial charge in [0.2, 0.25) is 0 Å². The Morgan fingerprint density at radius 3 is 2.47 bits per heavy atom. The Bertz CT molecular complexity index is 144. The Morgan fingerprint density at radius 2 is 1.93 bits per heavy atom. The number of aliphatic hydroxyl groups excluding tert-OH is 1. The molecule has 0 bridgehead atoms. The lowest BCUT2D eigenvalue weighted by Gasteiger charge is -2.28. The SMILES string of the molecule is CCCCCSCC(C)(CO)NCCC. The second-order valence-corrected chi connectivity index (χ2v) is 5.51. The number of nitrogens with one attached hydrogen (secondary N) is 1. The summed E-state index contributed by atoms with van der Waals surface area (Å²) in [5.41, 5.74) is -0.0904. The number of hydrogen-bond donors (Lipinski definition) is 2. The number of unbranched alkanes of at least 4 members (excludes halogenated alkanes) is 2. The lowest BCUT2D eigenvalue weighted by atomic mass is 10.1. The van der Waals surface area contributed by atoms with E-state index in [2.05, 4.69) is 26.1 Å². The normalized spacial score (nSPS) is 15.2. The predicted molar refractivity (Wildman–Crippen MR) is 70.6 cm³/mol. The first kappa shape index (κ1) is 15.3. The van der Waals surface area contributed by atoms with Crippen LogP contribution in [0.4, 0.5) is 0 Å². The molecule has 0 aromatic carbocycles. The Hall–Kier alpha value is 0.270. The molecule has 0 amide bonds. The Labute approximate surface area is 99.2 Å². The molecule has 15 heavy (non-hydrogen) atoms. The van der Waals surface area contributed by atoms with Gasteiger partial charge in [-0.05, 0) is 32.1 Å². The highest BCUT2D eigenvalue weighted by Gasteiger charge is 2.21. The van der Waals surface area contributed by atoms with Crippen LogP contribution in [0, 0.1) is 0 Å². The minimum absolute atomic E-state index is 0.0904. The van der Waals surface area contributed by atoms with Crippen molar-refractivity contribution in [3.05, 3.63) is 0 Å². The van der Waals surface area contributed by atoms with E-state index in [9.17, 15) is 5.11 Å².